The zero-order valence-corrected chi connectivity index (χ0v) is 40.1. The van der Waals surface area contributed by atoms with Gasteiger partial charge in [-0.1, -0.05) is 191 Å². The number of allylic oxidation sites excluding steroid dienone is 4. The van der Waals surface area contributed by atoms with E-state index in [1.165, 1.54) is 33.4 Å². The van der Waals surface area contributed by atoms with E-state index in [1.807, 2.05) is 0 Å². The Balaban J connectivity index is 2.07. The maximum Gasteiger partial charge on any atom is 0.123 e. The molecule has 0 heterocycles. The van der Waals surface area contributed by atoms with E-state index in [0.29, 0.717) is 17.2 Å². The average Bonchev–Trinajstić information content (AvgIpc) is 3.00. The van der Waals surface area contributed by atoms with Crippen molar-refractivity contribution >= 4 is 0 Å². The van der Waals surface area contributed by atoms with Crippen molar-refractivity contribution in [2.45, 2.75) is 197 Å². The van der Waals surface area contributed by atoms with Crippen LogP contribution in [0.2, 0.25) is 0 Å². The van der Waals surface area contributed by atoms with Gasteiger partial charge in [0, 0.05) is 5.41 Å². The van der Waals surface area contributed by atoms with Crippen LogP contribution in [-0.4, -0.2) is 15.3 Å². The van der Waals surface area contributed by atoms with Crippen LogP contribution in [0.5, 0.6) is 17.2 Å². The van der Waals surface area contributed by atoms with Crippen LogP contribution in [0, 0.1) is 11.3 Å². The predicted octanol–water partition coefficient (Wildman–Crippen LogP) is 14.5. The van der Waals surface area contributed by atoms with Gasteiger partial charge in [0.25, 0.3) is 0 Å². The third kappa shape index (κ3) is 9.55. The highest BCUT2D eigenvalue weighted by Gasteiger charge is 2.44. The summed E-state index contributed by atoms with van der Waals surface area (Å²) in [6.07, 6.45) is 4.83. The molecule has 4 rings (SSSR count). The second kappa shape index (κ2) is 15.0. The fraction of sp³-hybridized carbons (Fsp3) is 0.593. The van der Waals surface area contributed by atoms with Crippen molar-refractivity contribution in [3.05, 3.63) is 109 Å². The van der Waals surface area contributed by atoms with Gasteiger partial charge >= 0.3 is 0 Å². The number of rotatable bonds is 6. The highest BCUT2D eigenvalue weighted by Crippen LogP contribution is 2.53. The van der Waals surface area contributed by atoms with Gasteiger partial charge in [0.05, 0.1) is 0 Å². The molecule has 3 aromatic carbocycles. The van der Waals surface area contributed by atoms with Crippen LogP contribution in [-0.2, 0) is 51.8 Å². The van der Waals surface area contributed by atoms with Gasteiger partial charge in [-0.05, 0) is 122 Å². The van der Waals surface area contributed by atoms with Crippen LogP contribution in [0.15, 0.2) is 59.2 Å². The Morgan fingerprint density at radius 3 is 0.930 bits per heavy atom. The van der Waals surface area contributed by atoms with E-state index < -0.39 is 0 Å². The lowest BCUT2D eigenvalue weighted by Crippen LogP contribution is -2.39. The maximum atomic E-state index is 11.8. The molecule has 0 amide bonds. The number of phenolic OH excluding ortho intramolecular Hbond substituents is 3. The normalized spacial score (nSPS) is 17.3. The Morgan fingerprint density at radius 2 is 0.684 bits per heavy atom. The van der Waals surface area contributed by atoms with Gasteiger partial charge in [0.1, 0.15) is 17.2 Å². The molecule has 0 saturated carbocycles. The molecule has 3 nitrogen and oxygen atoms in total. The third-order valence-electron chi connectivity index (χ3n) is 12.9. The molecule has 0 spiro atoms. The molecule has 314 valence electrons. The van der Waals surface area contributed by atoms with Gasteiger partial charge in [-0.3, -0.25) is 0 Å². The van der Waals surface area contributed by atoms with Crippen LogP contribution in [0.3, 0.4) is 0 Å². The van der Waals surface area contributed by atoms with E-state index in [0.717, 1.165) is 52.6 Å². The summed E-state index contributed by atoms with van der Waals surface area (Å²) in [5.41, 5.74) is 12.0. The summed E-state index contributed by atoms with van der Waals surface area (Å²) >= 11 is 0. The molecule has 0 radical (unpaired) electrons. The fourth-order valence-corrected chi connectivity index (χ4v) is 9.29. The number of aromatic hydroxyl groups is 3. The largest absolute Gasteiger partial charge is 0.507 e. The van der Waals surface area contributed by atoms with Gasteiger partial charge in [-0.15, -0.1) is 0 Å². The number of phenols is 3. The van der Waals surface area contributed by atoms with E-state index in [1.54, 1.807) is 0 Å². The Hall–Kier alpha value is -3.46. The van der Waals surface area contributed by atoms with Gasteiger partial charge < -0.3 is 15.3 Å². The molecule has 1 unspecified atom stereocenters. The summed E-state index contributed by atoms with van der Waals surface area (Å²) < 4.78 is 0. The Labute approximate surface area is 349 Å². The molecule has 1 aliphatic rings. The maximum absolute atomic E-state index is 11.8. The van der Waals surface area contributed by atoms with Gasteiger partial charge in [-0.25, -0.2) is 0 Å². The number of hydrogen-bond acceptors (Lipinski definition) is 3. The first-order valence-corrected chi connectivity index (χ1v) is 21.5. The summed E-state index contributed by atoms with van der Waals surface area (Å²) in [4.78, 5) is 0. The zero-order chi connectivity index (χ0) is 43.8. The van der Waals surface area contributed by atoms with Crippen molar-refractivity contribution < 1.29 is 15.3 Å². The van der Waals surface area contributed by atoms with Crippen molar-refractivity contribution in [3.8, 4) is 17.2 Å². The SMILES string of the molecule is CC1=CC(C)=C(Cc2cc(C(C)(C)C)c(O)c(C(C)(C)C)c2)C(C)C1(Cc1cc(C(C)(C)C)c(O)c(C(C)(C)C)c1)Cc1cc(C(C)(C)C)c(O)c(C(C)(C)C)c1. The average molecular weight is 777 g/mol. The molecule has 0 saturated heterocycles. The van der Waals surface area contributed by atoms with Crippen molar-refractivity contribution in [3.63, 3.8) is 0 Å². The summed E-state index contributed by atoms with van der Waals surface area (Å²) in [5.74, 6) is 1.39. The lowest BCUT2D eigenvalue weighted by atomic mass is 9.58. The molecular formula is C54H80O3. The summed E-state index contributed by atoms with van der Waals surface area (Å²) in [7, 11) is 0. The minimum Gasteiger partial charge on any atom is -0.507 e. The molecule has 0 aliphatic heterocycles. The van der Waals surface area contributed by atoms with Crippen LogP contribution < -0.4 is 0 Å². The molecular weight excluding hydrogens is 697 g/mol. The standard InChI is InChI=1S/C54H80O3/c1-32-22-33(2)54(30-36-26-41(50(10,11)12)46(56)42(27-36)51(13,14)15,31-37-28-43(52(16,17)18)47(57)44(29-37)53(19,20)21)34(3)38(32)23-35-24-39(48(4,5)6)45(55)40(25-35)49(7,8)9/h22,24-29,34,55-57H,23,30-31H2,1-21H3. The van der Waals surface area contributed by atoms with E-state index in [9.17, 15) is 15.3 Å². The van der Waals surface area contributed by atoms with Crippen LogP contribution >= 0.6 is 0 Å². The molecule has 0 bridgehead atoms. The van der Waals surface area contributed by atoms with Gasteiger partial charge in [-0.2, -0.15) is 0 Å². The number of hydrogen-bond donors (Lipinski definition) is 3. The molecule has 3 heteroatoms. The van der Waals surface area contributed by atoms with Crippen molar-refractivity contribution in [1.82, 2.24) is 0 Å². The summed E-state index contributed by atoms with van der Waals surface area (Å²) in [6.45, 7) is 46.5. The molecule has 3 N–H and O–H groups in total. The molecule has 3 aromatic rings. The second-order valence-corrected chi connectivity index (χ2v) is 24.1. The van der Waals surface area contributed by atoms with E-state index in [2.05, 4.69) is 188 Å². The third-order valence-corrected chi connectivity index (χ3v) is 12.9. The van der Waals surface area contributed by atoms with Gasteiger partial charge in [0.15, 0.2) is 0 Å². The first-order valence-electron chi connectivity index (χ1n) is 21.5. The lowest BCUT2D eigenvalue weighted by molar-refractivity contribution is 0.244. The predicted molar refractivity (Wildman–Crippen MR) is 246 cm³/mol. The minimum absolute atomic E-state index is 0.155. The van der Waals surface area contributed by atoms with Crippen molar-refractivity contribution in [2.24, 2.45) is 11.3 Å². The second-order valence-electron chi connectivity index (χ2n) is 24.1. The van der Waals surface area contributed by atoms with Crippen LogP contribution in [0.1, 0.15) is 195 Å². The van der Waals surface area contributed by atoms with Crippen molar-refractivity contribution in [2.75, 3.05) is 0 Å². The highest BCUT2D eigenvalue weighted by atomic mass is 16.3. The fourth-order valence-electron chi connectivity index (χ4n) is 9.29. The molecule has 0 aromatic heterocycles. The molecule has 1 atom stereocenters. The topological polar surface area (TPSA) is 60.7 Å². The van der Waals surface area contributed by atoms with E-state index in [-0.39, 0.29) is 43.8 Å². The smallest absolute Gasteiger partial charge is 0.123 e. The summed E-state index contributed by atoms with van der Waals surface area (Å²) in [5, 5.41) is 35.2. The Morgan fingerprint density at radius 1 is 0.439 bits per heavy atom. The minimum atomic E-state index is -0.311. The number of benzene rings is 3. The molecule has 57 heavy (non-hydrogen) atoms. The zero-order valence-electron chi connectivity index (χ0n) is 40.1. The van der Waals surface area contributed by atoms with Gasteiger partial charge in [0.2, 0.25) is 0 Å². The van der Waals surface area contributed by atoms with E-state index in [4.69, 9.17) is 0 Å². The van der Waals surface area contributed by atoms with Crippen LogP contribution in [0.4, 0.5) is 0 Å². The van der Waals surface area contributed by atoms with E-state index >= 15 is 0 Å². The summed E-state index contributed by atoms with van der Waals surface area (Å²) in [6, 6.07) is 13.6. The molecule has 0 fully saturated rings. The Bertz CT molecular complexity index is 1870. The van der Waals surface area contributed by atoms with Crippen molar-refractivity contribution in [1.29, 1.82) is 0 Å². The first-order chi connectivity index (χ1) is 25.5. The Kier molecular flexibility index (Phi) is 12.1. The quantitative estimate of drug-likeness (QED) is 0.234. The first kappa shape index (κ1) is 46.2. The highest BCUT2D eigenvalue weighted by molar-refractivity contribution is 5.55. The lowest BCUT2D eigenvalue weighted by Gasteiger charge is -2.46. The monoisotopic (exact) mass is 777 g/mol. The van der Waals surface area contributed by atoms with Crippen LogP contribution in [0.25, 0.3) is 0 Å². The molecule has 1 aliphatic carbocycles.